The van der Waals surface area contributed by atoms with E-state index in [-0.39, 0.29) is 10.7 Å². The van der Waals surface area contributed by atoms with E-state index in [4.69, 9.17) is 11.6 Å². The molecule has 3 nitrogen and oxygen atoms in total. The summed E-state index contributed by atoms with van der Waals surface area (Å²) in [6, 6.07) is 4.37. The number of benzene rings is 1. The Kier molecular flexibility index (Phi) is 3.13. The number of hydrogen-bond donors (Lipinski definition) is 0. The van der Waals surface area contributed by atoms with Gasteiger partial charge in [0.2, 0.25) is 0 Å². The average Bonchev–Trinajstić information content (AvgIpc) is 2.32. The van der Waals surface area contributed by atoms with Crippen molar-refractivity contribution in [1.29, 1.82) is 0 Å². The molecule has 0 bridgehead atoms. The molecule has 0 fully saturated rings. The van der Waals surface area contributed by atoms with E-state index in [1.165, 1.54) is 12.1 Å². The highest BCUT2D eigenvalue weighted by Crippen LogP contribution is 2.30. The van der Waals surface area contributed by atoms with Crippen LogP contribution in [0.5, 0.6) is 0 Å². The Bertz CT molecular complexity index is 637. The maximum Gasteiger partial charge on any atom is 0.416 e. The molecule has 0 N–H and O–H groups in total. The lowest BCUT2D eigenvalue weighted by atomic mass is 10.2. The smallest absolute Gasteiger partial charge is 0.267 e. The Morgan fingerprint density at radius 3 is 2.67 bits per heavy atom. The second-order valence-corrected chi connectivity index (χ2v) is 3.87. The number of hydrogen-bond acceptors (Lipinski definition) is 2. The van der Waals surface area contributed by atoms with Gasteiger partial charge in [-0.1, -0.05) is 17.7 Å². The van der Waals surface area contributed by atoms with E-state index in [1.807, 2.05) is 0 Å². The second-order valence-electron chi connectivity index (χ2n) is 3.46. The highest BCUT2D eigenvalue weighted by molar-refractivity contribution is 6.30. The summed E-state index contributed by atoms with van der Waals surface area (Å²) in [6.07, 6.45) is -2.22. The highest BCUT2D eigenvalue weighted by Gasteiger charge is 2.30. The van der Waals surface area contributed by atoms with Gasteiger partial charge in [0.05, 0.1) is 17.4 Å². The van der Waals surface area contributed by atoms with Crippen LogP contribution in [-0.4, -0.2) is 9.55 Å². The minimum atomic E-state index is -4.47. The Hall–Kier alpha value is -1.82. The maximum absolute atomic E-state index is 12.5. The molecule has 0 atom stereocenters. The molecule has 0 saturated carbocycles. The van der Waals surface area contributed by atoms with Crippen molar-refractivity contribution in [3.63, 3.8) is 0 Å². The quantitative estimate of drug-likeness (QED) is 0.801. The van der Waals surface area contributed by atoms with Gasteiger partial charge in [0.25, 0.3) is 5.56 Å². The topological polar surface area (TPSA) is 34.9 Å². The summed E-state index contributed by atoms with van der Waals surface area (Å²) in [7, 11) is 0. The Balaban J connectivity index is 2.59. The third-order valence-electron chi connectivity index (χ3n) is 2.24. The normalized spacial score (nSPS) is 11.6. The zero-order chi connectivity index (χ0) is 13.3. The first-order valence-electron chi connectivity index (χ1n) is 4.79. The number of rotatable bonds is 1. The van der Waals surface area contributed by atoms with Crippen molar-refractivity contribution in [2.75, 3.05) is 0 Å². The van der Waals surface area contributed by atoms with Crippen LogP contribution < -0.4 is 5.56 Å². The van der Waals surface area contributed by atoms with Crippen LogP contribution >= 0.6 is 11.6 Å². The molecular weight excluding hydrogens is 269 g/mol. The number of nitrogens with zero attached hydrogens (tertiary/aromatic N) is 2. The van der Waals surface area contributed by atoms with Crippen molar-refractivity contribution in [2.24, 2.45) is 0 Å². The summed E-state index contributed by atoms with van der Waals surface area (Å²) in [6.45, 7) is 0. The Morgan fingerprint density at radius 2 is 2.00 bits per heavy atom. The molecule has 18 heavy (non-hydrogen) atoms. The predicted octanol–water partition coefficient (Wildman–Crippen LogP) is 2.90. The summed E-state index contributed by atoms with van der Waals surface area (Å²) < 4.78 is 38.6. The van der Waals surface area contributed by atoms with Crippen LogP contribution in [0, 0.1) is 0 Å². The van der Waals surface area contributed by atoms with Crippen LogP contribution in [0.15, 0.2) is 41.6 Å². The van der Waals surface area contributed by atoms with Gasteiger partial charge in [0, 0.05) is 0 Å². The largest absolute Gasteiger partial charge is 0.416 e. The monoisotopic (exact) mass is 274 g/mol. The standard InChI is InChI=1S/C11H6ClF3N2O/c12-9-5-16-6-17(10(9)18)8-3-1-2-7(4-8)11(13,14)15/h1-6H. The fraction of sp³-hybridized carbons (Fsp3) is 0.0909. The van der Waals surface area contributed by atoms with E-state index < -0.39 is 17.3 Å². The fourth-order valence-electron chi connectivity index (χ4n) is 1.40. The summed E-state index contributed by atoms with van der Waals surface area (Å²) in [5.74, 6) is 0. The molecule has 1 aromatic carbocycles. The molecule has 0 saturated heterocycles. The molecule has 0 aliphatic carbocycles. The Labute approximate surface area is 104 Å². The molecule has 1 heterocycles. The van der Waals surface area contributed by atoms with E-state index >= 15 is 0 Å². The molecule has 2 aromatic rings. The molecule has 1 aromatic heterocycles. The SMILES string of the molecule is O=c1c(Cl)cncn1-c1cccc(C(F)(F)F)c1. The van der Waals surface area contributed by atoms with Gasteiger partial charge in [-0.2, -0.15) is 13.2 Å². The Morgan fingerprint density at radius 1 is 1.28 bits per heavy atom. The molecule has 7 heteroatoms. The van der Waals surface area contributed by atoms with Crippen molar-refractivity contribution < 1.29 is 13.2 Å². The highest BCUT2D eigenvalue weighted by atomic mass is 35.5. The average molecular weight is 275 g/mol. The van der Waals surface area contributed by atoms with Crippen molar-refractivity contribution in [2.45, 2.75) is 6.18 Å². The lowest BCUT2D eigenvalue weighted by molar-refractivity contribution is -0.137. The lowest BCUT2D eigenvalue weighted by Crippen LogP contribution is -2.19. The fourth-order valence-corrected chi connectivity index (χ4v) is 1.55. The van der Waals surface area contributed by atoms with Crippen LogP contribution in [0.4, 0.5) is 13.2 Å². The van der Waals surface area contributed by atoms with Crippen molar-refractivity contribution in [3.8, 4) is 5.69 Å². The number of halogens is 4. The van der Waals surface area contributed by atoms with Crippen molar-refractivity contribution >= 4 is 11.6 Å². The first kappa shape index (κ1) is 12.6. The van der Waals surface area contributed by atoms with Gasteiger partial charge in [0.1, 0.15) is 11.3 Å². The van der Waals surface area contributed by atoms with Crippen LogP contribution in [0.3, 0.4) is 0 Å². The zero-order valence-electron chi connectivity index (χ0n) is 8.78. The summed E-state index contributed by atoms with van der Waals surface area (Å²) in [4.78, 5) is 15.3. The first-order valence-corrected chi connectivity index (χ1v) is 5.17. The third kappa shape index (κ3) is 2.38. The molecule has 0 amide bonds. The van der Waals surface area contributed by atoms with Gasteiger partial charge in [-0.05, 0) is 18.2 Å². The van der Waals surface area contributed by atoms with Crippen molar-refractivity contribution in [3.05, 3.63) is 57.7 Å². The third-order valence-corrected chi connectivity index (χ3v) is 2.50. The predicted molar refractivity (Wildman–Crippen MR) is 59.8 cm³/mol. The van der Waals surface area contributed by atoms with Crippen LogP contribution in [-0.2, 0) is 6.18 Å². The first-order chi connectivity index (χ1) is 8.39. The lowest BCUT2D eigenvalue weighted by Gasteiger charge is -2.10. The number of aromatic nitrogens is 2. The summed E-state index contributed by atoms with van der Waals surface area (Å²) in [5, 5.41) is -0.157. The van der Waals surface area contributed by atoms with Gasteiger partial charge >= 0.3 is 6.18 Å². The van der Waals surface area contributed by atoms with E-state index in [0.29, 0.717) is 0 Å². The van der Waals surface area contributed by atoms with Gasteiger partial charge in [-0.3, -0.25) is 9.36 Å². The molecule has 0 radical (unpaired) electrons. The summed E-state index contributed by atoms with van der Waals surface area (Å²) >= 11 is 5.58. The van der Waals surface area contributed by atoms with Crippen LogP contribution in [0.25, 0.3) is 5.69 Å². The van der Waals surface area contributed by atoms with Gasteiger partial charge in [-0.15, -0.1) is 0 Å². The van der Waals surface area contributed by atoms with Crippen molar-refractivity contribution in [1.82, 2.24) is 9.55 Å². The number of alkyl halides is 3. The molecule has 0 spiro atoms. The summed E-state index contributed by atoms with van der Waals surface area (Å²) in [5.41, 5.74) is -1.40. The molecule has 0 aliphatic heterocycles. The van der Waals surface area contributed by atoms with E-state index in [9.17, 15) is 18.0 Å². The second kappa shape index (κ2) is 4.45. The zero-order valence-corrected chi connectivity index (χ0v) is 9.53. The van der Waals surface area contributed by atoms with E-state index in [0.717, 1.165) is 29.2 Å². The molecule has 0 aliphatic rings. The minimum absolute atomic E-state index is 0.0600. The molecule has 0 unspecified atom stereocenters. The van der Waals surface area contributed by atoms with Crippen LogP contribution in [0.1, 0.15) is 5.56 Å². The van der Waals surface area contributed by atoms with Gasteiger partial charge in [0.15, 0.2) is 0 Å². The van der Waals surface area contributed by atoms with E-state index in [2.05, 4.69) is 4.98 Å². The molecule has 2 rings (SSSR count). The molecular formula is C11H6ClF3N2O. The maximum atomic E-state index is 12.5. The van der Waals surface area contributed by atoms with Gasteiger partial charge in [-0.25, -0.2) is 4.98 Å². The van der Waals surface area contributed by atoms with Crippen LogP contribution in [0.2, 0.25) is 5.02 Å². The minimum Gasteiger partial charge on any atom is -0.267 e. The van der Waals surface area contributed by atoms with Gasteiger partial charge < -0.3 is 0 Å². The molecule has 94 valence electrons. The van der Waals surface area contributed by atoms with E-state index in [1.54, 1.807) is 0 Å².